The number of amides is 2. The standard InChI is InChI=1S/C27H23ClN4O6/c1-3-37-25-12-18(11-19(15-29)27(34)31-20-5-4-6-22(13-20)32(35)36)8-10-24(25)38-16-26(33)30-21-9-7-17(2)23(28)14-21/h4-14H,3,16H2,1-2H3,(H,30,33)(H,31,34)/b19-11-. The summed E-state index contributed by atoms with van der Waals surface area (Å²) in [5.74, 6) is -0.537. The normalized spacial score (nSPS) is 10.7. The Morgan fingerprint density at radius 2 is 1.82 bits per heavy atom. The van der Waals surface area contributed by atoms with Gasteiger partial charge in [-0.25, -0.2) is 0 Å². The summed E-state index contributed by atoms with van der Waals surface area (Å²) in [6.07, 6.45) is 1.34. The Hall–Kier alpha value is -4.88. The maximum atomic E-state index is 12.6. The molecule has 0 aromatic heterocycles. The predicted octanol–water partition coefficient (Wildman–Crippen LogP) is 5.52. The molecular formula is C27H23ClN4O6. The van der Waals surface area contributed by atoms with Gasteiger partial charge in [0.2, 0.25) is 0 Å². The summed E-state index contributed by atoms with van der Waals surface area (Å²) in [6.45, 7) is 3.63. The van der Waals surface area contributed by atoms with Gasteiger partial charge in [-0.15, -0.1) is 0 Å². The summed E-state index contributed by atoms with van der Waals surface area (Å²) in [4.78, 5) is 35.3. The first-order valence-corrected chi connectivity index (χ1v) is 11.7. The summed E-state index contributed by atoms with van der Waals surface area (Å²) in [7, 11) is 0. The second-order valence-corrected chi connectivity index (χ2v) is 8.28. The molecule has 38 heavy (non-hydrogen) atoms. The van der Waals surface area contributed by atoms with Gasteiger partial charge in [0, 0.05) is 28.5 Å². The third-order valence-electron chi connectivity index (χ3n) is 5.07. The van der Waals surface area contributed by atoms with Crippen molar-refractivity contribution >= 4 is 46.6 Å². The minimum Gasteiger partial charge on any atom is -0.490 e. The van der Waals surface area contributed by atoms with E-state index in [9.17, 15) is 25.0 Å². The molecule has 0 heterocycles. The number of ether oxygens (including phenoxy) is 2. The van der Waals surface area contributed by atoms with E-state index in [-0.39, 0.29) is 23.6 Å². The van der Waals surface area contributed by atoms with Crippen LogP contribution in [0.5, 0.6) is 11.5 Å². The van der Waals surface area contributed by atoms with Crippen molar-refractivity contribution in [1.29, 1.82) is 5.26 Å². The van der Waals surface area contributed by atoms with Crippen molar-refractivity contribution in [2.24, 2.45) is 0 Å². The van der Waals surface area contributed by atoms with E-state index >= 15 is 0 Å². The molecular weight excluding hydrogens is 512 g/mol. The zero-order chi connectivity index (χ0) is 27.7. The average Bonchev–Trinajstić information content (AvgIpc) is 2.89. The van der Waals surface area contributed by atoms with Crippen molar-refractivity contribution in [1.82, 2.24) is 0 Å². The van der Waals surface area contributed by atoms with Crippen molar-refractivity contribution in [3.05, 3.63) is 92.5 Å². The summed E-state index contributed by atoms with van der Waals surface area (Å²) in [5.41, 5.74) is 1.63. The molecule has 2 amide bonds. The molecule has 0 aliphatic rings. The number of non-ortho nitro benzene ring substituents is 1. The van der Waals surface area contributed by atoms with E-state index in [0.717, 1.165) is 5.56 Å². The fourth-order valence-corrected chi connectivity index (χ4v) is 3.40. The first-order chi connectivity index (χ1) is 18.2. The fraction of sp³-hybridized carbons (Fsp3) is 0.148. The van der Waals surface area contributed by atoms with Gasteiger partial charge in [-0.05, 0) is 61.4 Å². The van der Waals surface area contributed by atoms with Crippen LogP contribution in [0.1, 0.15) is 18.1 Å². The van der Waals surface area contributed by atoms with Gasteiger partial charge in [0.1, 0.15) is 11.6 Å². The van der Waals surface area contributed by atoms with Crippen molar-refractivity contribution in [2.45, 2.75) is 13.8 Å². The highest BCUT2D eigenvalue weighted by molar-refractivity contribution is 6.31. The second-order valence-electron chi connectivity index (χ2n) is 7.87. The van der Waals surface area contributed by atoms with Crippen molar-refractivity contribution in [2.75, 3.05) is 23.8 Å². The Kier molecular flexibility index (Phi) is 9.40. The highest BCUT2D eigenvalue weighted by Gasteiger charge is 2.14. The number of hydrogen-bond acceptors (Lipinski definition) is 7. The third kappa shape index (κ3) is 7.56. The zero-order valence-corrected chi connectivity index (χ0v) is 21.2. The van der Waals surface area contributed by atoms with Crippen molar-refractivity contribution in [3.8, 4) is 17.6 Å². The zero-order valence-electron chi connectivity index (χ0n) is 20.5. The molecule has 0 aliphatic carbocycles. The van der Waals surface area contributed by atoms with Gasteiger partial charge in [-0.1, -0.05) is 29.8 Å². The molecule has 3 aromatic carbocycles. The molecule has 0 unspecified atom stereocenters. The van der Waals surface area contributed by atoms with Crippen LogP contribution in [0.15, 0.2) is 66.2 Å². The maximum Gasteiger partial charge on any atom is 0.271 e. The van der Waals surface area contributed by atoms with Crippen LogP contribution in [-0.4, -0.2) is 30.0 Å². The van der Waals surface area contributed by atoms with E-state index in [1.165, 1.54) is 30.3 Å². The highest BCUT2D eigenvalue weighted by Crippen LogP contribution is 2.30. The number of nitro benzene ring substituents is 1. The van der Waals surface area contributed by atoms with E-state index < -0.39 is 16.7 Å². The average molecular weight is 535 g/mol. The van der Waals surface area contributed by atoms with Gasteiger partial charge in [0.05, 0.1) is 11.5 Å². The van der Waals surface area contributed by atoms with E-state index in [1.54, 1.807) is 43.3 Å². The summed E-state index contributed by atoms with van der Waals surface area (Å²) in [5, 5.41) is 26.2. The smallest absolute Gasteiger partial charge is 0.271 e. The van der Waals surface area contributed by atoms with Crippen LogP contribution in [0.4, 0.5) is 17.1 Å². The van der Waals surface area contributed by atoms with Gasteiger partial charge in [0.25, 0.3) is 17.5 Å². The Balaban J connectivity index is 1.71. The van der Waals surface area contributed by atoms with Gasteiger partial charge in [0.15, 0.2) is 18.1 Å². The van der Waals surface area contributed by atoms with Gasteiger partial charge in [-0.3, -0.25) is 19.7 Å². The first-order valence-electron chi connectivity index (χ1n) is 11.3. The molecule has 0 spiro atoms. The number of benzene rings is 3. The SMILES string of the molecule is CCOc1cc(/C=C(/C#N)C(=O)Nc2cccc([N+](=O)[O-])c2)ccc1OCC(=O)Nc1ccc(C)c(Cl)c1. The summed E-state index contributed by atoms with van der Waals surface area (Å²) < 4.78 is 11.2. The first kappa shape index (κ1) is 27.7. The fourth-order valence-electron chi connectivity index (χ4n) is 3.22. The van der Waals surface area contributed by atoms with E-state index in [0.29, 0.717) is 34.4 Å². The van der Waals surface area contributed by atoms with E-state index in [1.807, 2.05) is 13.0 Å². The van der Waals surface area contributed by atoms with Gasteiger partial charge >= 0.3 is 0 Å². The lowest BCUT2D eigenvalue weighted by Crippen LogP contribution is -2.20. The van der Waals surface area contributed by atoms with Crippen LogP contribution in [0.2, 0.25) is 5.02 Å². The van der Waals surface area contributed by atoms with Crippen LogP contribution in [0.25, 0.3) is 6.08 Å². The molecule has 11 heteroatoms. The lowest BCUT2D eigenvalue weighted by atomic mass is 10.1. The topological polar surface area (TPSA) is 144 Å². The van der Waals surface area contributed by atoms with Crippen LogP contribution in [-0.2, 0) is 9.59 Å². The Labute approximate surface area is 223 Å². The molecule has 0 atom stereocenters. The largest absolute Gasteiger partial charge is 0.490 e. The number of hydrogen-bond donors (Lipinski definition) is 2. The van der Waals surface area contributed by atoms with Crippen molar-refractivity contribution in [3.63, 3.8) is 0 Å². The number of carbonyl (C=O) groups is 2. The van der Waals surface area contributed by atoms with Crippen molar-refractivity contribution < 1.29 is 24.0 Å². The third-order valence-corrected chi connectivity index (χ3v) is 5.48. The number of carbonyl (C=O) groups excluding carboxylic acids is 2. The lowest BCUT2D eigenvalue weighted by Gasteiger charge is -2.13. The summed E-state index contributed by atoms with van der Waals surface area (Å²) in [6, 6.07) is 17.1. The van der Waals surface area contributed by atoms with Crippen LogP contribution < -0.4 is 20.1 Å². The molecule has 0 radical (unpaired) electrons. The molecule has 0 aliphatic heterocycles. The monoisotopic (exact) mass is 534 g/mol. The van der Waals surface area contributed by atoms with Crippen LogP contribution >= 0.6 is 11.6 Å². The Morgan fingerprint density at radius 1 is 1.05 bits per heavy atom. The number of nitriles is 1. The number of nitro groups is 1. The van der Waals surface area contributed by atoms with Gasteiger partial charge < -0.3 is 20.1 Å². The van der Waals surface area contributed by atoms with Crippen LogP contribution in [0, 0.1) is 28.4 Å². The second kappa shape index (κ2) is 12.9. The number of anilines is 2. The summed E-state index contributed by atoms with van der Waals surface area (Å²) >= 11 is 6.09. The molecule has 3 rings (SSSR count). The number of aryl methyl sites for hydroxylation is 1. The molecule has 0 saturated heterocycles. The molecule has 194 valence electrons. The highest BCUT2D eigenvalue weighted by atomic mass is 35.5. The van der Waals surface area contributed by atoms with E-state index in [2.05, 4.69) is 10.6 Å². The number of halogens is 1. The lowest BCUT2D eigenvalue weighted by molar-refractivity contribution is -0.384. The predicted molar refractivity (Wildman–Crippen MR) is 143 cm³/mol. The van der Waals surface area contributed by atoms with E-state index in [4.69, 9.17) is 21.1 Å². The Morgan fingerprint density at radius 3 is 2.50 bits per heavy atom. The Bertz CT molecular complexity index is 1450. The molecule has 2 N–H and O–H groups in total. The molecule has 0 saturated carbocycles. The minimum atomic E-state index is -0.737. The quantitative estimate of drug-likeness (QED) is 0.151. The molecule has 0 fully saturated rings. The maximum absolute atomic E-state index is 12.6. The molecule has 0 bridgehead atoms. The number of nitrogens with zero attached hydrogens (tertiary/aromatic N) is 2. The van der Waals surface area contributed by atoms with Gasteiger partial charge in [-0.2, -0.15) is 5.26 Å². The minimum absolute atomic E-state index is 0.176. The number of rotatable bonds is 10. The van der Waals surface area contributed by atoms with Crippen LogP contribution in [0.3, 0.4) is 0 Å². The molecule has 10 nitrogen and oxygen atoms in total. The number of nitrogens with one attached hydrogen (secondary N) is 2. The molecule has 3 aromatic rings.